The van der Waals surface area contributed by atoms with E-state index in [2.05, 4.69) is 16.0 Å². The first-order valence-electron chi connectivity index (χ1n) is 8.58. The number of aromatic nitrogens is 2. The Morgan fingerprint density at radius 1 is 1.41 bits per heavy atom. The minimum atomic E-state index is -0.580. The number of fused-ring (bicyclic) bond motifs is 1. The summed E-state index contributed by atoms with van der Waals surface area (Å²) >= 11 is 0. The summed E-state index contributed by atoms with van der Waals surface area (Å²) < 4.78 is 5.66. The van der Waals surface area contributed by atoms with E-state index in [9.17, 15) is 4.79 Å². The number of nitriles is 1. The van der Waals surface area contributed by atoms with E-state index in [1.165, 1.54) is 0 Å². The highest BCUT2D eigenvalue weighted by Gasteiger charge is 2.20. The number of allylic oxidation sites excluding steroid dienone is 5. The zero-order valence-corrected chi connectivity index (χ0v) is 15.9. The first-order chi connectivity index (χ1) is 12.9. The number of amides is 1. The Morgan fingerprint density at radius 3 is 2.74 bits per heavy atom. The molecule has 0 radical (unpaired) electrons. The van der Waals surface area contributed by atoms with Gasteiger partial charge in [-0.2, -0.15) is 5.26 Å². The summed E-state index contributed by atoms with van der Waals surface area (Å²) in [7, 11) is 0. The van der Waals surface area contributed by atoms with Gasteiger partial charge in [0, 0.05) is 11.8 Å². The fraction of sp³-hybridized carbons (Fsp3) is 0.238. The zero-order valence-electron chi connectivity index (χ0n) is 15.9. The van der Waals surface area contributed by atoms with Gasteiger partial charge in [0.1, 0.15) is 0 Å². The fourth-order valence-electron chi connectivity index (χ4n) is 2.79. The van der Waals surface area contributed by atoms with Gasteiger partial charge >= 0.3 is 0 Å². The van der Waals surface area contributed by atoms with Gasteiger partial charge in [0.25, 0.3) is 5.91 Å². The number of primary amides is 1. The van der Waals surface area contributed by atoms with Gasteiger partial charge in [-0.25, -0.2) is 4.98 Å². The molecule has 2 rings (SSSR count). The standard InChI is InChI=1S/C21H22N4O2/c1-5-8-15(11-22)9-7-10-16-17(20(23)26)14(4)25-19-13(3)12-24-21(18(16)19)27-6-2/h5,7-10,12H,6H2,1-4H3,(H2,23,26)/b8-5+,10-7+,15-9+. The number of nitrogens with zero attached hydrogens (tertiary/aromatic N) is 3. The van der Waals surface area contributed by atoms with Gasteiger partial charge in [-0.1, -0.05) is 18.2 Å². The summed E-state index contributed by atoms with van der Waals surface area (Å²) in [5, 5.41) is 9.78. The molecule has 0 aliphatic rings. The Labute approximate surface area is 158 Å². The largest absolute Gasteiger partial charge is 0.477 e. The van der Waals surface area contributed by atoms with Crippen molar-refractivity contribution >= 4 is 22.9 Å². The van der Waals surface area contributed by atoms with Crippen LogP contribution in [-0.2, 0) is 0 Å². The van der Waals surface area contributed by atoms with Crippen LogP contribution in [0.1, 0.15) is 41.0 Å². The maximum Gasteiger partial charge on any atom is 0.251 e. The average molecular weight is 362 g/mol. The Kier molecular flexibility index (Phi) is 6.45. The second-order valence-corrected chi connectivity index (χ2v) is 5.85. The molecular formula is C21H22N4O2. The normalized spacial score (nSPS) is 12.0. The molecule has 0 saturated heterocycles. The summed E-state index contributed by atoms with van der Waals surface area (Å²) in [5.74, 6) is -0.186. The number of nitrogens with two attached hydrogens (primary N) is 1. The molecule has 6 nitrogen and oxygen atoms in total. The molecule has 138 valence electrons. The number of carbonyl (C=O) groups excluding carboxylic acids is 1. The lowest BCUT2D eigenvalue weighted by atomic mass is 9.99. The van der Waals surface area contributed by atoms with Crippen LogP contribution in [0.2, 0.25) is 0 Å². The van der Waals surface area contributed by atoms with Gasteiger partial charge in [0.15, 0.2) is 0 Å². The van der Waals surface area contributed by atoms with Crippen molar-refractivity contribution in [1.29, 1.82) is 5.26 Å². The predicted octanol–water partition coefficient (Wildman–Crippen LogP) is 3.78. The number of ether oxygens (including phenoxy) is 1. The highest BCUT2D eigenvalue weighted by Crippen LogP contribution is 2.32. The zero-order chi connectivity index (χ0) is 20.0. The van der Waals surface area contributed by atoms with Crippen LogP contribution in [0, 0.1) is 25.2 Å². The van der Waals surface area contributed by atoms with Crippen molar-refractivity contribution in [3.8, 4) is 11.9 Å². The van der Waals surface area contributed by atoms with Gasteiger partial charge in [-0.05, 0) is 45.4 Å². The molecule has 0 aliphatic carbocycles. The Hall–Kier alpha value is -3.46. The van der Waals surface area contributed by atoms with Crippen LogP contribution in [0.3, 0.4) is 0 Å². The van der Waals surface area contributed by atoms with E-state index in [4.69, 9.17) is 15.7 Å². The van der Waals surface area contributed by atoms with Crippen LogP contribution < -0.4 is 10.5 Å². The molecule has 6 heteroatoms. The number of aryl methyl sites for hydroxylation is 2. The molecule has 2 aromatic heterocycles. The van der Waals surface area contributed by atoms with E-state index >= 15 is 0 Å². The first-order valence-corrected chi connectivity index (χ1v) is 8.58. The summed E-state index contributed by atoms with van der Waals surface area (Å²) in [6.45, 7) is 7.76. The molecule has 0 atom stereocenters. The molecule has 0 aliphatic heterocycles. The van der Waals surface area contributed by atoms with Gasteiger partial charge in [-0.3, -0.25) is 9.78 Å². The number of carbonyl (C=O) groups is 1. The summed E-state index contributed by atoms with van der Waals surface area (Å²) in [4.78, 5) is 21.0. The SMILES string of the molecule is C/C=C/C(C#N)=C\C=C\c1c(C(N)=O)c(C)nc2c(C)cnc(OCC)c12. The van der Waals surface area contributed by atoms with E-state index in [-0.39, 0.29) is 0 Å². The minimum Gasteiger partial charge on any atom is -0.477 e. The fourth-order valence-corrected chi connectivity index (χ4v) is 2.79. The lowest BCUT2D eigenvalue weighted by Crippen LogP contribution is -2.16. The molecule has 0 aromatic carbocycles. The average Bonchev–Trinajstić information content (AvgIpc) is 2.63. The Morgan fingerprint density at radius 2 is 2.15 bits per heavy atom. The Balaban J connectivity index is 2.84. The third kappa shape index (κ3) is 4.21. The minimum absolute atomic E-state index is 0.310. The molecule has 0 spiro atoms. The highest BCUT2D eigenvalue weighted by molar-refractivity contribution is 6.06. The van der Waals surface area contributed by atoms with Crippen LogP contribution in [0.4, 0.5) is 0 Å². The van der Waals surface area contributed by atoms with Crippen molar-refractivity contribution in [2.75, 3.05) is 6.61 Å². The second-order valence-electron chi connectivity index (χ2n) is 5.85. The van der Waals surface area contributed by atoms with Crippen molar-refractivity contribution in [1.82, 2.24) is 9.97 Å². The van der Waals surface area contributed by atoms with Crippen molar-refractivity contribution in [2.45, 2.75) is 27.7 Å². The van der Waals surface area contributed by atoms with Crippen molar-refractivity contribution in [2.24, 2.45) is 5.73 Å². The second kappa shape index (κ2) is 8.77. The molecule has 27 heavy (non-hydrogen) atoms. The quantitative estimate of drug-likeness (QED) is 0.622. The summed E-state index contributed by atoms with van der Waals surface area (Å²) in [5.41, 5.74) is 9.10. The number of hydrogen-bond donors (Lipinski definition) is 1. The van der Waals surface area contributed by atoms with Crippen molar-refractivity contribution in [3.63, 3.8) is 0 Å². The molecule has 2 N–H and O–H groups in total. The maximum atomic E-state index is 12.1. The molecule has 2 heterocycles. The van der Waals surface area contributed by atoms with Crippen molar-refractivity contribution in [3.05, 3.63) is 58.5 Å². The molecule has 0 bridgehead atoms. The topological polar surface area (TPSA) is 102 Å². The van der Waals surface area contributed by atoms with Gasteiger partial charge in [-0.15, -0.1) is 0 Å². The van der Waals surface area contributed by atoms with Crippen LogP contribution in [-0.4, -0.2) is 22.5 Å². The summed E-state index contributed by atoms with van der Waals surface area (Å²) in [6.07, 6.45) is 10.3. The third-order valence-corrected chi connectivity index (χ3v) is 3.92. The lowest BCUT2D eigenvalue weighted by Gasteiger charge is -2.14. The highest BCUT2D eigenvalue weighted by atomic mass is 16.5. The number of pyridine rings is 2. The smallest absolute Gasteiger partial charge is 0.251 e. The van der Waals surface area contributed by atoms with Crippen LogP contribution in [0.25, 0.3) is 17.0 Å². The molecular weight excluding hydrogens is 340 g/mol. The van der Waals surface area contributed by atoms with E-state index in [1.807, 2.05) is 20.8 Å². The van der Waals surface area contributed by atoms with Crippen LogP contribution in [0.5, 0.6) is 5.88 Å². The maximum absolute atomic E-state index is 12.1. The van der Waals surface area contributed by atoms with Gasteiger partial charge < -0.3 is 10.5 Å². The molecule has 0 saturated carbocycles. The van der Waals surface area contributed by atoms with Crippen LogP contribution in [0.15, 0.2) is 36.1 Å². The van der Waals surface area contributed by atoms with Crippen LogP contribution >= 0.6 is 0 Å². The first kappa shape index (κ1) is 19.9. The lowest BCUT2D eigenvalue weighted by molar-refractivity contribution is 0.0999. The molecule has 1 amide bonds. The molecule has 0 unspecified atom stereocenters. The summed E-state index contributed by atoms with van der Waals surface area (Å²) in [6, 6.07) is 2.10. The van der Waals surface area contributed by atoms with E-state index in [0.29, 0.717) is 45.8 Å². The Bertz CT molecular complexity index is 1010. The molecule has 0 fully saturated rings. The van der Waals surface area contributed by atoms with Gasteiger partial charge in [0.2, 0.25) is 5.88 Å². The van der Waals surface area contributed by atoms with Gasteiger partial charge in [0.05, 0.1) is 40.4 Å². The van der Waals surface area contributed by atoms with Crippen molar-refractivity contribution < 1.29 is 9.53 Å². The van der Waals surface area contributed by atoms with E-state index < -0.39 is 5.91 Å². The number of hydrogen-bond acceptors (Lipinski definition) is 5. The van der Waals surface area contributed by atoms with E-state index in [1.54, 1.807) is 43.5 Å². The molecule has 2 aromatic rings. The number of rotatable bonds is 6. The monoisotopic (exact) mass is 362 g/mol. The third-order valence-electron chi connectivity index (χ3n) is 3.92. The van der Waals surface area contributed by atoms with E-state index in [0.717, 1.165) is 5.56 Å². The predicted molar refractivity (Wildman–Crippen MR) is 106 cm³/mol.